The summed E-state index contributed by atoms with van der Waals surface area (Å²) in [7, 11) is 0. The van der Waals surface area contributed by atoms with E-state index in [0.717, 1.165) is 27.4 Å². The predicted molar refractivity (Wildman–Crippen MR) is 107 cm³/mol. The zero-order valence-corrected chi connectivity index (χ0v) is 15.3. The van der Waals surface area contributed by atoms with E-state index >= 15 is 0 Å². The molecule has 0 fully saturated rings. The van der Waals surface area contributed by atoms with Crippen LogP contribution in [0.2, 0.25) is 5.02 Å². The first-order valence-electron chi connectivity index (χ1n) is 8.39. The lowest BCUT2D eigenvalue weighted by molar-refractivity contribution is -0.115. The Morgan fingerprint density at radius 3 is 2.65 bits per heavy atom. The van der Waals surface area contributed by atoms with Crippen LogP contribution in [0.4, 0.5) is 11.5 Å². The number of carbonyl (C=O) groups excluding carboxylic acids is 1. The monoisotopic (exact) mass is 365 g/mol. The van der Waals surface area contributed by atoms with Gasteiger partial charge >= 0.3 is 0 Å². The normalized spacial score (nSPS) is 10.4. The largest absolute Gasteiger partial charge is 0.380 e. The molecule has 1 amide bonds. The molecule has 0 atom stereocenters. The van der Waals surface area contributed by atoms with Crippen LogP contribution >= 0.6 is 11.6 Å². The van der Waals surface area contributed by atoms with Gasteiger partial charge in [0.15, 0.2) is 0 Å². The Balaban J connectivity index is 1.54. The van der Waals surface area contributed by atoms with Crippen LogP contribution in [0.5, 0.6) is 0 Å². The van der Waals surface area contributed by atoms with Gasteiger partial charge in [0.2, 0.25) is 5.91 Å². The number of hydrogen-bond donors (Lipinski definition) is 2. The lowest BCUT2D eigenvalue weighted by Gasteiger charge is -2.09. The Morgan fingerprint density at radius 1 is 1.08 bits per heavy atom. The number of halogens is 1. The molecule has 0 aliphatic heterocycles. The van der Waals surface area contributed by atoms with Crippen molar-refractivity contribution in [1.29, 1.82) is 0 Å². The molecule has 0 saturated heterocycles. The SMILES string of the molecule is Cc1cccc(CC(=O)Nc2ccc(NCc3ccccc3Cl)cn2)c1. The fourth-order valence-corrected chi connectivity index (χ4v) is 2.81. The molecule has 3 rings (SSSR count). The first-order valence-corrected chi connectivity index (χ1v) is 8.77. The van der Waals surface area contributed by atoms with Gasteiger partial charge in [0.25, 0.3) is 0 Å². The van der Waals surface area contributed by atoms with Gasteiger partial charge in [-0.1, -0.05) is 59.6 Å². The first-order chi connectivity index (χ1) is 12.6. The molecule has 4 nitrogen and oxygen atoms in total. The van der Waals surface area contributed by atoms with Crippen LogP contribution < -0.4 is 10.6 Å². The van der Waals surface area contributed by atoms with E-state index in [1.807, 2.05) is 61.5 Å². The molecule has 2 N–H and O–H groups in total. The third kappa shape index (κ3) is 5.07. The van der Waals surface area contributed by atoms with E-state index in [1.165, 1.54) is 0 Å². The number of amides is 1. The number of nitrogens with zero attached hydrogens (tertiary/aromatic N) is 1. The van der Waals surface area contributed by atoms with Gasteiger partial charge in [0.05, 0.1) is 18.3 Å². The van der Waals surface area contributed by atoms with Crippen LogP contribution in [-0.2, 0) is 17.8 Å². The van der Waals surface area contributed by atoms with Crippen molar-refractivity contribution in [2.75, 3.05) is 10.6 Å². The number of carbonyl (C=O) groups is 1. The Kier molecular flexibility index (Phi) is 5.87. The van der Waals surface area contributed by atoms with Crippen molar-refractivity contribution >= 4 is 29.0 Å². The Hall–Kier alpha value is -2.85. The van der Waals surface area contributed by atoms with Gasteiger partial charge in [0.1, 0.15) is 5.82 Å². The van der Waals surface area contributed by atoms with Crippen LogP contribution in [0.15, 0.2) is 66.9 Å². The molecule has 0 saturated carbocycles. The number of aryl methyl sites for hydroxylation is 1. The average molecular weight is 366 g/mol. The summed E-state index contributed by atoms with van der Waals surface area (Å²) in [5.41, 5.74) is 4.01. The first kappa shape index (κ1) is 18.0. The summed E-state index contributed by atoms with van der Waals surface area (Å²) in [4.78, 5) is 16.4. The average Bonchev–Trinajstić information content (AvgIpc) is 2.62. The Labute approximate surface area is 158 Å². The number of anilines is 2. The molecule has 0 bridgehead atoms. The molecular formula is C21H20ClN3O. The molecule has 0 aliphatic carbocycles. The molecule has 1 heterocycles. The van der Waals surface area contributed by atoms with E-state index in [9.17, 15) is 4.79 Å². The number of hydrogen-bond acceptors (Lipinski definition) is 3. The molecular weight excluding hydrogens is 346 g/mol. The molecule has 2 aromatic carbocycles. The highest BCUT2D eigenvalue weighted by molar-refractivity contribution is 6.31. The van der Waals surface area contributed by atoms with Gasteiger partial charge in [-0.15, -0.1) is 0 Å². The molecule has 0 unspecified atom stereocenters. The van der Waals surface area contributed by atoms with E-state index in [1.54, 1.807) is 12.3 Å². The summed E-state index contributed by atoms with van der Waals surface area (Å²) in [6.07, 6.45) is 2.02. The molecule has 0 aliphatic rings. The van der Waals surface area contributed by atoms with Gasteiger partial charge in [-0.25, -0.2) is 4.98 Å². The minimum absolute atomic E-state index is 0.0834. The number of aromatic nitrogens is 1. The molecule has 5 heteroatoms. The van der Waals surface area contributed by atoms with Crippen molar-refractivity contribution in [1.82, 2.24) is 4.98 Å². The number of benzene rings is 2. The molecule has 0 spiro atoms. The summed E-state index contributed by atoms with van der Waals surface area (Å²) in [5.74, 6) is 0.450. The van der Waals surface area contributed by atoms with Crippen LogP contribution in [0.25, 0.3) is 0 Å². The molecule has 132 valence electrons. The highest BCUT2D eigenvalue weighted by atomic mass is 35.5. The maximum atomic E-state index is 12.1. The van der Waals surface area contributed by atoms with E-state index in [0.29, 0.717) is 18.8 Å². The summed E-state index contributed by atoms with van der Waals surface area (Å²) in [6, 6.07) is 19.3. The minimum atomic E-state index is -0.0834. The molecule has 1 aromatic heterocycles. The minimum Gasteiger partial charge on any atom is -0.380 e. The van der Waals surface area contributed by atoms with Crippen LogP contribution in [0.3, 0.4) is 0 Å². The van der Waals surface area contributed by atoms with E-state index in [4.69, 9.17) is 11.6 Å². The lowest BCUT2D eigenvalue weighted by atomic mass is 10.1. The van der Waals surface area contributed by atoms with Crippen molar-refractivity contribution in [2.45, 2.75) is 19.9 Å². The van der Waals surface area contributed by atoms with E-state index in [2.05, 4.69) is 15.6 Å². The van der Waals surface area contributed by atoms with Crippen LogP contribution in [0.1, 0.15) is 16.7 Å². The quantitative estimate of drug-likeness (QED) is 0.657. The summed E-state index contributed by atoms with van der Waals surface area (Å²) in [5, 5.41) is 6.82. The van der Waals surface area contributed by atoms with Gasteiger partial charge in [-0.3, -0.25) is 4.79 Å². The van der Waals surface area contributed by atoms with Crippen LogP contribution in [0, 0.1) is 6.92 Å². The van der Waals surface area contributed by atoms with Crippen molar-refractivity contribution in [3.8, 4) is 0 Å². The Bertz CT molecular complexity index is 894. The standard InChI is InChI=1S/C21H20ClN3O/c1-15-5-4-6-16(11-15)12-21(26)25-20-10-9-18(14-24-20)23-13-17-7-2-3-8-19(17)22/h2-11,14,23H,12-13H2,1H3,(H,24,25,26). The van der Waals surface area contributed by atoms with Gasteiger partial charge in [-0.2, -0.15) is 0 Å². The third-order valence-corrected chi connectivity index (χ3v) is 4.29. The Morgan fingerprint density at radius 2 is 1.92 bits per heavy atom. The van der Waals surface area contributed by atoms with Crippen molar-refractivity contribution < 1.29 is 4.79 Å². The topological polar surface area (TPSA) is 54.0 Å². The second kappa shape index (κ2) is 8.50. The zero-order chi connectivity index (χ0) is 18.4. The van der Waals surface area contributed by atoms with Crippen molar-refractivity contribution in [3.05, 3.63) is 88.6 Å². The fraction of sp³-hybridized carbons (Fsp3) is 0.143. The van der Waals surface area contributed by atoms with E-state index < -0.39 is 0 Å². The lowest BCUT2D eigenvalue weighted by Crippen LogP contribution is -2.15. The zero-order valence-electron chi connectivity index (χ0n) is 14.5. The molecule has 3 aromatic rings. The fourth-order valence-electron chi connectivity index (χ4n) is 2.61. The third-order valence-electron chi connectivity index (χ3n) is 3.92. The summed E-state index contributed by atoms with van der Waals surface area (Å²) < 4.78 is 0. The second-order valence-electron chi connectivity index (χ2n) is 6.09. The van der Waals surface area contributed by atoms with Gasteiger partial charge < -0.3 is 10.6 Å². The molecule has 26 heavy (non-hydrogen) atoms. The van der Waals surface area contributed by atoms with Gasteiger partial charge in [0, 0.05) is 11.6 Å². The predicted octanol–water partition coefficient (Wildman–Crippen LogP) is 4.84. The number of nitrogens with one attached hydrogen (secondary N) is 2. The highest BCUT2D eigenvalue weighted by Crippen LogP contribution is 2.17. The van der Waals surface area contributed by atoms with Crippen molar-refractivity contribution in [2.24, 2.45) is 0 Å². The van der Waals surface area contributed by atoms with Gasteiger partial charge in [-0.05, 0) is 36.2 Å². The van der Waals surface area contributed by atoms with Crippen LogP contribution in [-0.4, -0.2) is 10.9 Å². The molecule has 0 radical (unpaired) electrons. The maximum absolute atomic E-state index is 12.1. The maximum Gasteiger partial charge on any atom is 0.229 e. The smallest absolute Gasteiger partial charge is 0.229 e. The van der Waals surface area contributed by atoms with E-state index in [-0.39, 0.29) is 5.91 Å². The highest BCUT2D eigenvalue weighted by Gasteiger charge is 2.06. The second-order valence-corrected chi connectivity index (χ2v) is 6.50. The number of rotatable bonds is 6. The summed E-state index contributed by atoms with van der Waals surface area (Å²) >= 11 is 6.15. The van der Waals surface area contributed by atoms with Crippen molar-refractivity contribution in [3.63, 3.8) is 0 Å². The summed E-state index contributed by atoms with van der Waals surface area (Å²) in [6.45, 7) is 2.62. The number of pyridine rings is 1.